The van der Waals surface area contributed by atoms with Crippen molar-refractivity contribution in [3.05, 3.63) is 23.0 Å². The summed E-state index contributed by atoms with van der Waals surface area (Å²) in [7, 11) is 1.56. The number of nitrogens with zero attached hydrogens (tertiary/aromatic N) is 1. The van der Waals surface area contributed by atoms with Gasteiger partial charge in [-0.2, -0.15) is 0 Å². The first kappa shape index (κ1) is 14.4. The molecule has 4 N–H and O–H groups in total. The number of aromatic hydroxyl groups is 1. The third-order valence-electron chi connectivity index (χ3n) is 2.83. The highest BCUT2D eigenvalue weighted by Gasteiger charge is 2.14. The van der Waals surface area contributed by atoms with Gasteiger partial charge in [0.05, 0.1) is 18.3 Å². The molecule has 0 aliphatic rings. The van der Waals surface area contributed by atoms with Crippen LogP contribution in [0.1, 0.15) is 23.7 Å². The van der Waals surface area contributed by atoms with Crippen LogP contribution in [-0.2, 0) is 17.9 Å². The van der Waals surface area contributed by atoms with E-state index in [0.29, 0.717) is 23.4 Å². The van der Waals surface area contributed by atoms with Gasteiger partial charge in [0.15, 0.2) is 0 Å². The van der Waals surface area contributed by atoms with Gasteiger partial charge in [0, 0.05) is 30.9 Å². The lowest BCUT2D eigenvalue weighted by Gasteiger charge is -2.15. The molecule has 1 aromatic heterocycles. The highest BCUT2D eigenvalue weighted by Crippen LogP contribution is 2.23. The van der Waals surface area contributed by atoms with Crippen LogP contribution in [0, 0.1) is 6.92 Å². The summed E-state index contributed by atoms with van der Waals surface area (Å²) in [5.41, 5.74) is 1.62. The Kier molecular flexibility index (Phi) is 5.06. The molecule has 0 radical (unpaired) electrons. The van der Waals surface area contributed by atoms with Gasteiger partial charge in [-0.15, -0.1) is 0 Å². The number of aliphatic hydroxyl groups is 1. The fraction of sp³-hybridized carbons (Fsp3) is 0.500. The van der Waals surface area contributed by atoms with Gasteiger partial charge in [0.2, 0.25) is 5.91 Å². The van der Waals surface area contributed by atoms with Crippen LogP contribution in [0.2, 0.25) is 0 Å². The Balaban J connectivity index is 2.84. The van der Waals surface area contributed by atoms with Gasteiger partial charge in [-0.25, -0.2) is 0 Å². The molecule has 0 spiro atoms. The third-order valence-corrected chi connectivity index (χ3v) is 2.83. The third kappa shape index (κ3) is 3.18. The van der Waals surface area contributed by atoms with Crippen molar-refractivity contribution < 1.29 is 15.0 Å². The molecule has 0 saturated carbocycles. The number of carbonyl (C=O) groups is 1. The van der Waals surface area contributed by atoms with E-state index in [4.69, 9.17) is 0 Å². The van der Waals surface area contributed by atoms with Crippen molar-refractivity contribution in [3.63, 3.8) is 0 Å². The molecule has 0 saturated heterocycles. The standard InChI is InChI=1S/C12H19N3O3/c1-7-11(17)10(9(6-16)4-14-7)5-15-8(2)12(18)13-3/h4,8,15-17H,5-6H2,1-3H3,(H,13,18). The number of aromatic nitrogens is 1. The van der Waals surface area contributed by atoms with Gasteiger partial charge in [-0.1, -0.05) is 0 Å². The van der Waals surface area contributed by atoms with E-state index >= 15 is 0 Å². The van der Waals surface area contributed by atoms with Gasteiger partial charge < -0.3 is 20.8 Å². The quantitative estimate of drug-likeness (QED) is 0.583. The molecule has 1 atom stereocenters. The molecular formula is C12H19N3O3. The molecule has 0 aliphatic carbocycles. The zero-order chi connectivity index (χ0) is 13.7. The molecule has 0 aromatic carbocycles. The van der Waals surface area contributed by atoms with E-state index in [9.17, 15) is 15.0 Å². The maximum atomic E-state index is 11.3. The SMILES string of the molecule is CNC(=O)C(C)NCc1c(CO)cnc(C)c1O. The monoisotopic (exact) mass is 253 g/mol. The number of aryl methyl sites for hydroxylation is 1. The van der Waals surface area contributed by atoms with Crippen LogP contribution in [0.4, 0.5) is 0 Å². The van der Waals surface area contributed by atoms with Gasteiger partial charge in [-0.05, 0) is 13.8 Å². The van der Waals surface area contributed by atoms with Crippen LogP contribution in [0.15, 0.2) is 6.20 Å². The molecule has 1 aromatic rings. The summed E-state index contributed by atoms with van der Waals surface area (Å²) >= 11 is 0. The molecule has 1 heterocycles. The smallest absolute Gasteiger partial charge is 0.236 e. The molecule has 0 aliphatic heterocycles. The zero-order valence-electron chi connectivity index (χ0n) is 10.8. The Bertz CT molecular complexity index is 435. The van der Waals surface area contributed by atoms with Crippen LogP contribution in [-0.4, -0.2) is 34.2 Å². The van der Waals surface area contributed by atoms with E-state index < -0.39 is 0 Å². The maximum absolute atomic E-state index is 11.3. The number of amides is 1. The number of likely N-dealkylation sites (N-methyl/N-ethyl adjacent to an activating group) is 1. The minimum absolute atomic E-state index is 0.0538. The molecule has 100 valence electrons. The Morgan fingerprint density at radius 2 is 2.22 bits per heavy atom. The second-order valence-corrected chi connectivity index (χ2v) is 4.07. The minimum atomic E-state index is -0.380. The Hall–Kier alpha value is -1.66. The van der Waals surface area contributed by atoms with Crippen LogP contribution in [0.5, 0.6) is 5.75 Å². The van der Waals surface area contributed by atoms with Gasteiger partial charge >= 0.3 is 0 Å². The number of hydrogen-bond donors (Lipinski definition) is 4. The van der Waals surface area contributed by atoms with E-state index in [-0.39, 0.29) is 24.3 Å². The molecule has 6 heteroatoms. The fourth-order valence-corrected chi connectivity index (χ4v) is 1.58. The average molecular weight is 253 g/mol. The first-order chi connectivity index (χ1) is 8.51. The summed E-state index contributed by atoms with van der Waals surface area (Å²) in [4.78, 5) is 15.3. The molecular weight excluding hydrogens is 234 g/mol. The first-order valence-corrected chi connectivity index (χ1v) is 5.73. The molecule has 6 nitrogen and oxygen atoms in total. The van der Waals surface area contributed by atoms with Crippen molar-refractivity contribution >= 4 is 5.91 Å². The molecule has 18 heavy (non-hydrogen) atoms. The van der Waals surface area contributed by atoms with E-state index in [1.165, 1.54) is 6.20 Å². The predicted molar refractivity (Wildman–Crippen MR) is 66.9 cm³/mol. The van der Waals surface area contributed by atoms with Crippen molar-refractivity contribution in [2.75, 3.05) is 7.05 Å². The van der Waals surface area contributed by atoms with E-state index in [1.807, 2.05) is 0 Å². The zero-order valence-corrected chi connectivity index (χ0v) is 10.8. The summed E-state index contributed by atoms with van der Waals surface area (Å²) in [6.45, 7) is 3.50. The second-order valence-electron chi connectivity index (χ2n) is 4.07. The molecule has 1 rings (SSSR count). The minimum Gasteiger partial charge on any atom is -0.506 e. The highest BCUT2D eigenvalue weighted by molar-refractivity contribution is 5.80. The average Bonchev–Trinajstić information content (AvgIpc) is 2.38. The fourth-order valence-electron chi connectivity index (χ4n) is 1.58. The lowest BCUT2D eigenvalue weighted by Crippen LogP contribution is -2.40. The van der Waals surface area contributed by atoms with Crippen LogP contribution in [0.25, 0.3) is 0 Å². The van der Waals surface area contributed by atoms with Crippen molar-refractivity contribution in [2.45, 2.75) is 33.0 Å². The topological polar surface area (TPSA) is 94.5 Å². The first-order valence-electron chi connectivity index (χ1n) is 5.73. The van der Waals surface area contributed by atoms with Crippen molar-refractivity contribution in [1.82, 2.24) is 15.6 Å². The molecule has 1 unspecified atom stereocenters. The maximum Gasteiger partial charge on any atom is 0.236 e. The normalized spacial score (nSPS) is 12.2. The van der Waals surface area contributed by atoms with Gasteiger partial charge in [-0.3, -0.25) is 9.78 Å². The summed E-state index contributed by atoms with van der Waals surface area (Å²) < 4.78 is 0. The highest BCUT2D eigenvalue weighted by atomic mass is 16.3. The number of nitrogens with one attached hydrogen (secondary N) is 2. The Labute approximate surface area is 106 Å². The second kappa shape index (κ2) is 6.32. The Morgan fingerprint density at radius 3 is 2.78 bits per heavy atom. The summed E-state index contributed by atoms with van der Waals surface area (Å²) in [6, 6.07) is -0.380. The summed E-state index contributed by atoms with van der Waals surface area (Å²) in [5.74, 6) is -0.0797. The number of pyridine rings is 1. The molecule has 0 fully saturated rings. The number of rotatable bonds is 5. The number of aliphatic hydroxyl groups excluding tert-OH is 1. The van der Waals surface area contributed by atoms with Gasteiger partial charge in [0.1, 0.15) is 5.75 Å². The lowest BCUT2D eigenvalue weighted by molar-refractivity contribution is -0.122. The number of carbonyl (C=O) groups excluding carboxylic acids is 1. The van der Waals surface area contributed by atoms with E-state index in [0.717, 1.165) is 0 Å². The Morgan fingerprint density at radius 1 is 1.56 bits per heavy atom. The van der Waals surface area contributed by atoms with Crippen LogP contribution >= 0.6 is 0 Å². The van der Waals surface area contributed by atoms with Crippen molar-refractivity contribution in [1.29, 1.82) is 0 Å². The lowest BCUT2D eigenvalue weighted by atomic mass is 10.1. The van der Waals surface area contributed by atoms with Gasteiger partial charge in [0.25, 0.3) is 0 Å². The summed E-state index contributed by atoms with van der Waals surface area (Å²) in [6.07, 6.45) is 1.52. The summed E-state index contributed by atoms with van der Waals surface area (Å²) in [5, 5.41) is 24.6. The van der Waals surface area contributed by atoms with E-state index in [1.54, 1.807) is 20.9 Å². The molecule has 0 bridgehead atoms. The largest absolute Gasteiger partial charge is 0.506 e. The van der Waals surface area contributed by atoms with Crippen LogP contribution in [0.3, 0.4) is 0 Å². The van der Waals surface area contributed by atoms with Crippen LogP contribution < -0.4 is 10.6 Å². The predicted octanol–water partition coefficient (Wildman–Crippen LogP) is -0.188. The van der Waals surface area contributed by atoms with Crippen molar-refractivity contribution in [3.8, 4) is 5.75 Å². The van der Waals surface area contributed by atoms with Crippen molar-refractivity contribution in [2.24, 2.45) is 0 Å². The van der Waals surface area contributed by atoms with E-state index in [2.05, 4.69) is 15.6 Å². The number of hydrogen-bond acceptors (Lipinski definition) is 5. The molecule has 1 amide bonds.